The second-order valence-corrected chi connectivity index (χ2v) is 6.77. The van der Waals surface area contributed by atoms with Crippen LogP contribution in [0.5, 0.6) is 0 Å². The summed E-state index contributed by atoms with van der Waals surface area (Å²) >= 11 is 7.37. The number of urea groups is 1. The number of nitrogens with zero attached hydrogens (tertiary/aromatic N) is 1. The van der Waals surface area contributed by atoms with Gasteiger partial charge < -0.3 is 9.73 Å². The summed E-state index contributed by atoms with van der Waals surface area (Å²) < 4.78 is 5.80. The molecule has 128 valence electrons. The van der Waals surface area contributed by atoms with Gasteiger partial charge in [0, 0.05) is 18.0 Å². The van der Waals surface area contributed by atoms with Gasteiger partial charge in [0.05, 0.1) is 23.7 Å². The van der Waals surface area contributed by atoms with Gasteiger partial charge in [0.1, 0.15) is 5.76 Å². The van der Waals surface area contributed by atoms with Crippen LogP contribution in [0.25, 0.3) is 0 Å². The van der Waals surface area contributed by atoms with E-state index in [1.54, 1.807) is 18.2 Å². The lowest BCUT2D eigenvalue weighted by molar-refractivity contribution is -0.121. The number of hydrogen-bond acceptors (Lipinski definition) is 5. The number of rotatable bonds is 8. The van der Waals surface area contributed by atoms with E-state index < -0.39 is 11.9 Å². The minimum atomic E-state index is -0.561. The number of nitrogens with one attached hydrogen (secondary N) is 2. The van der Waals surface area contributed by atoms with Crippen LogP contribution in [-0.2, 0) is 17.9 Å². The second-order valence-electron chi connectivity index (χ2n) is 4.97. The number of hydrogen-bond donors (Lipinski definition) is 2. The van der Waals surface area contributed by atoms with Crippen molar-refractivity contribution >= 4 is 34.9 Å². The molecule has 2 aromatic rings. The number of imide groups is 1. The normalized spacial score (nSPS) is 10.6. The zero-order valence-electron chi connectivity index (χ0n) is 13.0. The predicted molar refractivity (Wildman–Crippen MR) is 93.9 cm³/mol. The lowest BCUT2D eigenvalue weighted by atomic mass is 10.3. The van der Waals surface area contributed by atoms with Gasteiger partial charge >= 0.3 is 6.03 Å². The van der Waals surface area contributed by atoms with E-state index in [-0.39, 0.29) is 13.1 Å². The number of furan rings is 1. The summed E-state index contributed by atoms with van der Waals surface area (Å²) in [6.45, 7) is 5.07. The number of carbonyl (C=O) groups excluding carboxylic acids is 2. The summed E-state index contributed by atoms with van der Waals surface area (Å²) in [5.74, 6) is 0.219. The van der Waals surface area contributed by atoms with Crippen molar-refractivity contribution in [3.8, 4) is 0 Å². The summed E-state index contributed by atoms with van der Waals surface area (Å²) in [5.41, 5.74) is 0. The van der Waals surface area contributed by atoms with Crippen LogP contribution < -0.4 is 10.6 Å². The molecule has 2 N–H and O–H groups in total. The van der Waals surface area contributed by atoms with Crippen LogP contribution in [0.3, 0.4) is 0 Å². The highest BCUT2D eigenvalue weighted by molar-refractivity contribution is 7.16. The van der Waals surface area contributed by atoms with Crippen molar-refractivity contribution in [3.63, 3.8) is 0 Å². The van der Waals surface area contributed by atoms with Gasteiger partial charge in [0.25, 0.3) is 0 Å². The van der Waals surface area contributed by atoms with Crippen LogP contribution >= 0.6 is 22.9 Å². The summed E-state index contributed by atoms with van der Waals surface area (Å²) in [5, 5.41) is 4.85. The average molecular weight is 368 g/mol. The van der Waals surface area contributed by atoms with Crippen LogP contribution in [0.15, 0.2) is 47.6 Å². The summed E-state index contributed by atoms with van der Waals surface area (Å²) in [4.78, 5) is 26.6. The lowest BCUT2D eigenvalue weighted by Gasteiger charge is -2.19. The van der Waals surface area contributed by atoms with E-state index in [0.717, 1.165) is 4.88 Å². The van der Waals surface area contributed by atoms with Crippen LogP contribution in [0, 0.1) is 0 Å². The Morgan fingerprint density at radius 2 is 2.21 bits per heavy atom. The largest absolute Gasteiger partial charge is 0.467 e. The monoisotopic (exact) mass is 367 g/mol. The molecule has 8 heteroatoms. The Kier molecular flexibility index (Phi) is 7.05. The first kappa shape index (κ1) is 18.3. The molecule has 0 aliphatic heterocycles. The number of thiophene rings is 1. The van der Waals surface area contributed by atoms with E-state index in [9.17, 15) is 9.59 Å². The van der Waals surface area contributed by atoms with Crippen LogP contribution in [0.1, 0.15) is 10.6 Å². The Morgan fingerprint density at radius 1 is 1.38 bits per heavy atom. The van der Waals surface area contributed by atoms with E-state index in [1.165, 1.54) is 17.6 Å². The van der Waals surface area contributed by atoms with Gasteiger partial charge in [-0.15, -0.1) is 17.9 Å². The van der Waals surface area contributed by atoms with Gasteiger partial charge in [0.15, 0.2) is 0 Å². The molecule has 2 heterocycles. The molecule has 6 nitrogen and oxygen atoms in total. The molecule has 0 fully saturated rings. The third-order valence-electron chi connectivity index (χ3n) is 3.02. The molecule has 0 saturated heterocycles. The molecule has 0 aromatic carbocycles. The van der Waals surface area contributed by atoms with E-state index in [1.807, 2.05) is 17.0 Å². The molecule has 0 atom stereocenters. The highest BCUT2D eigenvalue weighted by Crippen LogP contribution is 2.22. The highest BCUT2D eigenvalue weighted by Gasteiger charge is 2.14. The van der Waals surface area contributed by atoms with Crippen molar-refractivity contribution in [1.29, 1.82) is 0 Å². The molecule has 0 radical (unpaired) electrons. The zero-order chi connectivity index (χ0) is 17.4. The van der Waals surface area contributed by atoms with E-state index >= 15 is 0 Å². The second kappa shape index (κ2) is 9.27. The molecule has 0 unspecified atom stereocenters. The molecule has 0 bridgehead atoms. The van der Waals surface area contributed by atoms with Crippen molar-refractivity contribution in [1.82, 2.24) is 15.5 Å². The van der Waals surface area contributed by atoms with Gasteiger partial charge in [-0.25, -0.2) is 4.79 Å². The van der Waals surface area contributed by atoms with Gasteiger partial charge in [-0.2, -0.15) is 0 Å². The Bertz CT molecular complexity index is 685. The minimum absolute atomic E-state index is 0.0791. The third-order valence-corrected chi connectivity index (χ3v) is 4.23. The fourth-order valence-corrected chi connectivity index (χ4v) is 3.15. The maximum absolute atomic E-state index is 12.0. The molecular weight excluding hydrogens is 350 g/mol. The standard InChI is InChI=1S/C16H18ClN3O3S/c1-2-7-20(10-13-5-6-14(17)24-13)11-15(21)19-16(22)18-9-12-4-3-8-23-12/h2-6,8H,1,7,9-11H2,(H2,18,19,21,22). The Morgan fingerprint density at radius 3 is 2.83 bits per heavy atom. The molecule has 0 saturated carbocycles. The summed E-state index contributed by atoms with van der Waals surface area (Å²) in [7, 11) is 0. The molecule has 24 heavy (non-hydrogen) atoms. The minimum Gasteiger partial charge on any atom is -0.467 e. The van der Waals surface area contributed by atoms with Crippen molar-refractivity contribution in [2.45, 2.75) is 13.1 Å². The maximum atomic E-state index is 12.0. The van der Waals surface area contributed by atoms with E-state index in [0.29, 0.717) is 23.2 Å². The quantitative estimate of drug-likeness (QED) is 0.703. The third kappa shape index (κ3) is 6.19. The van der Waals surface area contributed by atoms with Gasteiger partial charge in [-0.3, -0.25) is 15.0 Å². The number of carbonyl (C=O) groups is 2. The molecular formula is C16H18ClN3O3S. The van der Waals surface area contributed by atoms with Crippen molar-refractivity contribution in [2.75, 3.05) is 13.1 Å². The lowest BCUT2D eigenvalue weighted by Crippen LogP contribution is -2.44. The molecule has 3 amide bonds. The zero-order valence-corrected chi connectivity index (χ0v) is 14.5. The Labute approximate surface area is 149 Å². The van der Waals surface area contributed by atoms with Crippen molar-refractivity contribution < 1.29 is 14.0 Å². The highest BCUT2D eigenvalue weighted by atomic mass is 35.5. The Balaban J connectivity index is 1.78. The molecule has 0 aliphatic carbocycles. The number of halogens is 1. The summed E-state index contributed by atoms with van der Waals surface area (Å²) in [6, 6.07) is 6.63. The molecule has 0 spiro atoms. The Hall–Kier alpha value is -2.09. The van der Waals surface area contributed by atoms with E-state index in [4.69, 9.17) is 16.0 Å². The fourth-order valence-electron chi connectivity index (χ4n) is 2.02. The van der Waals surface area contributed by atoms with Gasteiger partial charge in [0.2, 0.25) is 5.91 Å². The molecule has 2 rings (SSSR count). The molecule has 0 aliphatic rings. The van der Waals surface area contributed by atoms with Crippen LogP contribution in [0.2, 0.25) is 4.34 Å². The smallest absolute Gasteiger partial charge is 0.321 e. The van der Waals surface area contributed by atoms with Gasteiger partial charge in [-0.05, 0) is 24.3 Å². The van der Waals surface area contributed by atoms with E-state index in [2.05, 4.69) is 17.2 Å². The summed E-state index contributed by atoms with van der Waals surface area (Å²) in [6.07, 6.45) is 3.23. The molecule has 2 aromatic heterocycles. The van der Waals surface area contributed by atoms with Crippen LogP contribution in [0.4, 0.5) is 4.79 Å². The first-order valence-electron chi connectivity index (χ1n) is 7.24. The first-order chi connectivity index (χ1) is 11.6. The predicted octanol–water partition coefficient (Wildman–Crippen LogP) is 3.01. The topological polar surface area (TPSA) is 74.6 Å². The van der Waals surface area contributed by atoms with Crippen LogP contribution in [-0.4, -0.2) is 29.9 Å². The van der Waals surface area contributed by atoms with Crippen molar-refractivity contribution in [2.24, 2.45) is 0 Å². The SMILES string of the molecule is C=CCN(CC(=O)NC(=O)NCc1ccco1)Cc1ccc(Cl)s1. The fraction of sp³-hybridized carbons (Fsp3) is 0.250. The first-order valence-corrected chi connectivity index (χ1v) is 8.44. The van der Waals surface area contributed by atoms with Gasteiger partial charge in [-0.1, -0.05) is 17.7 Å². The van der Waals surface area contributed by atoms with Crippen molar-refractivity contribution in [3.05, 3.63) is 58.2 Å². The maximum Gasteiger partial charge on any atom is 0.321 e. The average Bonchev–Trinajstić information content (AvgIpc) is 3.17. The number of amides is 3.